The van der Waals surface area contributed by atoms with Gasteiger partial charge in [0, 0.05) is 21.3 Å². The predicted molar refractivity (Wildman–Crippen MR) is 117 cm³/mol. The molecule has 0 saturated heterocycles. The average molecular weight is 398 g/mol. The van der Waals surface area contributed by atoms with E-state index in [1.165, 1.54) is 0 Å². The first-order valence-electron chi connectivity index (χ1n) is 8.28. The van der Waals surface area contributed by atoms with E-state index in [1.807, 2.05) is 78.9 Å². The van der Waals surface area contributed by atoms with Crippen molar-refractivity contribution in [2.45, 2.75) is 11.6 Å². The Morgan fingerprint density at radius 1 is 0.769 bits per heavy atom. The van der Waals surface area contributed by atoms with Gasteiger partial charge in [-0.25, -0.2) is 4.99 Å². The molecular weight excluding hydrogens is 378 g/mol. The van der Waals surface area contributed by atoms with Gasteiger partial charge in [-0.1, -0.05) is 53.5 Å². The normalized spacial score (nSPS) is 10.4. The maximum atomic E-state index is 5.94. The van der Waals surface area contributed by atoms with Gasteiger partial charge in [0.05, 0.1) is 5.69 Å². The van der Waals surface area contributed by atoms with Crippen LogP contribution in [-0.4, -0.2) is 21.1 Å². The van der Waals surface area contributed by atoms with Crippen LogP contribution in [0.3, 0.4) is 0 Å². The van der Waals surface area contributed by atoms with E-state index in [1.54, 1.807) is 0 Å². The van der Waals surface area contributed by atoms with Crippen LogP contribution in [0.25, 0.3) is 0 Å². The molecule has 130 valence electrons. The van der Waals surface area contributed by atoms with Gasteiger partial charge in [-0.3, -0.25) is 0 Å². The van der Waals surface area contributed by atoms with E-state index in [-0.39, 0.29) is 0 Å². The van der Waals surface area contributed by atoms with E-state index in [0.29, 0.717) is 10.0 Å². The van der Waals surface area contributed by atoms with E-state index < -0.39 is 0 Å². The first-order chi connectivity index (χ1) is 12.6. The Kier molecular flexibility index (Phi) is 8.74. The molecule has 3 rings (SSSR count). The molecule has 0 saturated carbocycles. The number of aliphatic imine (C=N–C) groups is 1. The van der Waals surface area contributed by atoms with Crippen LogP contribution in [0.5, 0.6) is 0 Å². The summed E-state index contributed by atoms with van der Waals surface area (Å²) in [6.07, 6.45) is 0. The molecule has 0 unspecified atom stereocenters. The monoisotopic (exact) mass is 397 g/mol. The molecule has 0 fully saturated rings. The van der Waals surface area contributed by atoms with E-state index >= 15 is 0 Å². The van der Waals surface area contributed by atoms with Gasteiger partial charge in [0.2, 0.25) is 0 Å². The Labute approximate surface area is 171 Å². The summed E-state index contributed by atoms with van der Waals surface area (Å²) < 4.78 is 0. The Hall–Kier alpha value is -1.76. The van der Waals surface area contributed by atoms with Crippen molar-refractivity contribution < 1.29 is 0 Å². The third-order valence-electron chi connectivity index (χ3n) is 3.22. The van der Waals surface area contributed by atoms with Gasteiger partial charge in [0.15, 0.2) is 0 Å². The first kappa shape index (κ1) is 20.6. The molecule has 1 N–H and O–H groups in total. The molecule has 0 spiro atoms. The van der Waals surface area contributed by atoms with Crippen LogP contribution in [0.2, 0.25) is 21.6 Å². The molecule has 0 aliphatic heterocycles. The van der Waals surface area contributed by atoms with Crippen molar-refractivity contribution in [3.8, 4) is 0 Å². The number of hydrogen-bond acceptors (Lipinski definition) is 1. The number of benzene rings is 3. The Bertz CT molecular complexity index is 817. The molecular formula is C21H20AlCl2N2+. The maximum absolute atomic E-state index is 5.94. The number of nitrogens with zero attached hydrogens (tertiary/aromatic N) is 1. The number of rotatable bonds is 3. The molecule has 0 heterocycles. The third kappa shape index (κ3) is 6.86. The molecule has 3 aromatic carbocycles. The molecule has 0 radical (unpaired) electrons. The number of hydrogen-bond donors (Lipinski definition) is 1. The zero-order chi connectivity index (χ0) is 18.8. The topological polar surface area (TPSA) is 24.4 Å². The van der Waals surface area contributed by atoms with Gasteiger partial charge in [-0.15, -0.1) is 0 Å². The molecule has 0 aliphatic rings. The summed E-state index contributed by atoms with van der Waals surface area (Å²) >= 11 is 12.6. The van der Waals surface area contributed by atoms with Crippen LogP contribution >= 0.6 is 23.2 Å². The molecule has 5 heteroatoms. The SMILES string of the molecule is Clc1ccc(N=C(Nc2ccc(Cl)cc2)c2ccccc2)cc1.[CH3][Al+][CH3]. The summed E-state index contributed by atoms with van der Waals surface area (Å²) in [5, 5.41) is 4.74. The van der Waals surface area contributed by atoms with Crippen molar-refractivity contribution in [1.82, 2.24) is 0 Å². The van der Waals surface area contributed by atoms with Crippen molar-refractivity contribution in [1.29, 1.82) is 0 Å². The molecule has 0 bridgehead atoms. The molecule has 0 amide bonds. The predicted octanol–water partition coefficient (Wildman–Crippen LogP) is 6.97. The van der Waals surface area contributed by atoms with Gasteiger partial charge < -0.3 is 5.32 Å². The average Bonchev–Trinajstić information content (AvgIpc) is 2.66. The Balaban J connectivity index is 0.000000758. The molecule has 26 heavy (non-hydrogen) atoms. The zero-order valence-electron chi connectivity index (χ0n) is 14.8. The van der Waals surface area contributed by atoms with E-state index in [4.69, 9.17) is 28.2 Å². The second-order valence-electron chi connectivity index (χ2n) is 5.51. The van der Waals surface area contributed by atoms with Crippen LogP contribution < -0.4 is 5.32 Å². The summed E-state index contributed by atoms with van der Waals surface area (Å²) in [4.78, 5) is 4.70. The van der Waals surface area contributed by atoms with Crippen LogP contribution in [0.15, 0.2) is 83.9 Å². The summed E-state index contributed by atoms with van der Waals surface area (Å²) in [5.74, 6) is 5.18. The number of nitrogens with one attached hydrogen (secondary N) is 1. The minimum absolute atomic E-state index is 0.691. The Morgan fingerprint density at radius 3 is 1.81 bits per heavy atom. The van der Waals surface area contributed by atoms with Crippen LogP contribution in [0.4, 0.5) is 11.4 Å². The summed E-state index contributed by atoms with van der Waals surface area (Å²) in [6, 6.07) is 24.9. The van der Waals surface area contributed by atoms with Crippen molar-refractivity contribution in [3.63, 3.8) is 0 Å². The van der Waals surface area contributed by atoms with E-state index in [9.17, 15) is 0 Å². The van der Waals surface area contributed by atoms with Crippen molar-refractivity contribution in [2.24, 2.45) is 4.99 Å². The molecule has 0 aromatic heterocycles. The van der Waals surface area contributed by atoms with Gasteiger partial charge in [-0.2, -0.15) is 0 Å². The Morgan fingerprint density at radius 2 is 1.27 bits per heavy atom. The van der Waals surface area contributed by atoms with Crippen molar-refractivity contribution >= 4 is 55.6 Å². The van der Waals surface area contributed by atoms with E-state index in [0.717, 1.165) is 38.0 Å². The van der Waals surface area contributed by atoms with Gasteiger partial charge in [0.25, 0.3) is 0 Å². The first-order valence-corrected chi connectivity index (χ1v) is 11.3. The second kappa shape index (κ2) is 11.1. The van der Waals surface area contributed by atoms with E-state index in [2.05, 4.69) is 16.9 Å². The molecule has 0 aliphatic carbocycles. The number of halogens is 2. The van der Waals surface area contributed by atoms with Crippen molar-refractivity contribution in [3.05, 3.63) is 94.5 Å². The molecule has 0 atom stereocenters. The van der Waals surface area contributed by atoms with Gasteiger partial charge in [0.1, 0.15) is 5.84 Å². The van der Waals surface area contributed by atoms with Crippen LogP contribution in [0, 0.1) is 0 Å². The molecule has 3 aromatic rings. The standard InChI is InChI=1S/C19H14Cl2N2.2CH3.Al/c20-15-6-10-17(11-7-15)22-19(14-4-2-1-3-5-14)23-18-12-8-16(21)9-13-18;;;/h1-13H,(H,22,23);2*1H3;/q;;;+1. The fourth-order valence-electron chi connectivity index (χ4n) is 2.08. The summed E-state index contributed by atoms with van der Waals surface area (Å²) in [5.41, 5.74) is 2.75. The van der Waals surface area contributed by atoms with Gasteiger partial charge >= 0.3 is 26.8 Å². The third-order valence-corrected chi connectivity index (χ3v) is 3.73. The molecule has 2 nitrogen and oxygen atoms in total. The fourth-order valence-corrected chi connectivity index (χ4v) is 2.33. The van der Waals surface area contributed by atoms with Gasteiger partial charge in [-0.05, 0) is 48.5 Å². The number of anilines is 1. The fraction of sp³-hybridized carbons (Fsp3) is 0.0952. The summed E-state index contributed by atoms with van der Waals surface area (Å²) in [6.45, 7) is 0. The van der Waals surface area contributed by atoms with Crippen LogP contribution in [-0.2, 0) is 0 Å². The number of amidine groups is 1. The quantitative estimate of drug-likeness (QED) is 0.288. The van der Waals surface area contributed by atoms with Crippen molar-refractivity contribution in [2.75, 3.05) is 5.32 Å². The minimum atomic E-state index is 0.691. The van der Waals surface area contributed by atoms with Crippen LogP contribution in [0.1, 0.15) is 5.56 Å². The zero-order valence-corrected chi connectivity index (χ0v) is 17.5. The summed E-state index contributed by atoms with van der Waals surface area (Å²) in [7, 11) is 0. The second-order valence-corrected chi connectivity index (χ2v) is 7.54.